The number of carbonyl (C=O) groups excluding carboxylic acids is 2. The van der Waals surface area contributed by atoms with E-state index in [4.69, 9.17) is 4.74 Å². The Morgan fingerprint density at radius 1 is 0.917 bits per heavy atom. The second-order valence-corrected chi connectivity index (χ2v) is 5.07. The third-order valence-corrected chi connectivity index (χ3v) is 3.23. The zero-order valence-electron chi connectivity index (χ0n) is 13.1. The lowest BCUT2D eigenvalue weighted by Gasteiger charge is -2.08. The summed E-state index contributed by atoms with van der Waals surface area (Å²) in [7, 11) is 0. The van der Waals surface area contributed by atoms with Gasteiger partial charge in [0.15, 0.2) is 6.61 Å². The molecule has 2 rings (SSSR count). The van der Waals surface area contributed by atoms with E-state index in [1.807, 2.05) is 6.07 Å². The highest BCUT2D eigenvalue weighted by Gasteiger charge is 2.07. The maximum Gasteiger partial charge on any atom is 0.258 e. The van der Waals surface area contributed by atoms with E-state index >= 15 is 0 Å². The Balaban J connectivity index is 1.60. The number of ether oxygens (including phenoxy) is 1. The van der Waals surface area contributed by atoms with Gasteiger partial charge in [-0.2, -0.15) is 0 Å². The molecule has 0 radical (unpaired) electrons. The SMILES string of the molecule is O=C(CNC(=O)COc1ccccc1)NCCc1ccccc1F. The number of benzene rings is 2. The van der Waals surface area contributed by atoms with E-state index in [9.17, 15) is 14.0 Å². The maximum atomic E-state index is 13.4. The smallest absolute Gasteiger partial charge is 0.258 e. The molecule has 0 saturated heterocycles. The predicted molar refractivity (Wildman–Crippen MR) is 88.1 cm³/mol. The highest BCUT2D eigenvalue weighted by Crippen LogP contribution is 2.07. The van der Waals surface area contributed by atoms with Gasteiger partial charge in [-0.05, 0) is 30.2 Å². The van der Waals surface area contributed by atoms with Gasteiger partial charge in [0.25, 0.3) is 5.91 Å². The van der Waals surface area contributed by atoms with Crippen molar-refractivity contribution in [2.45, 2.75) is 6.42 Å². The molecular weight excluding hydrogens is 311 g/mol. The van der Waals surface area contributed by atoms with E-state index in [0.717, 1.165) is 0 Å². The van der Waals surface area contributed by atoms with Gasteiger partial charge in [-0.3, -0.25) is 9.59 Å². The van der Waals surface area contributed by atoms with Gasteiger partial charge in [0.2, 0.25) is 5.91 Å². The van der Waals surface area contributed by atoms with Gasteiger partial charge in [-0.25, -0.2) is 4.39 Å². The van der Waals surface area contributed by atoms with E-state index in [0.29, 0.717) is 24.3 Å². The van der Waals surface area contributed by atoms with Crippen molar-refractivity contribution >= 4 is 11.8 Å². The summed E-state index contributed by atoms with van der Waals surface area (Å²) in [6, 6.07) is 15.3. The first-order chi connectivity index (χ1) is 11.6. The molecule has 24 heavy (non-hydrogen) atoms. The Hall–Kier alpha value is -2.89. The van der Waals surface area contributed by atoms with Crippen LogP contribution in [0.2, 0.25) is 0 Å². The lowest BCUT2D eigenvalue weighted by Crippen LogP contribution is -2.39. The summed E-state index contributed by atoms with van der Waals surface area (Å²) in [6.45, 7) is -0.00305. The number of nitrogens with one attached hydrogen (secondary N) is 2. The van der Waals surface area contributed by atoms with Crippen LogP contribution in [0.3, 0.4) is 0 Å². The molecule has 0 aliphatic rings. The molecule has 0 heterocycles. The predicted octanol–water partition coefficient (Wildman–Crippen LogP) is 1.68. The van der Waals surface area contributed by atoms with Crippen molar-refractivity contribution in [3.05, 3.63) is 66.0 Å². The molecule has 2 aromatic rings. The van der Waals surface area contributed by atoms with Gasteiger partial charge in [0.1, 0.15) is 11.6 Å². The molecule has 5 nitrogen and oxygen atoms in total. The molecule has 2 N–H and O–H groups in total. The average Bonchev–Trinajstić information content (AvgIpc) is 2.61. The van der Waals surface area contributed by atoms with Crippen LogP contribution in [0.15, 0.2) is 54.6 Å². The third-order valence-electron chi connectivity index (χ3n) is 3.23. The molecule has 0 fully saturated rings. The van der Waals surface area contributed by atoms with Gasteiger partial charge in [0, 0.05) is 6.54 Å². The normalized spacial score (nSPS) is 10.0. The fourth-order valence-electron chi connectivity index (χ4n) is 2.00. The summed E-state index contributed by atoms with van der Waals surface area (Å²) in [5.74, 6) is -0.428. The molecule has 0 spiro atoms. The number of para-hydroxylation sites is 1. The van der Waals surface area contributed by atoms with E-state index in [1.165, 1.54) is 6.07 Å². The lowest BCUT2D eigenvalue weighted by molar-refractivity contribution is -0.127. The van der Waals surface area contributed by atoms with Crippen molar-refractivity contribution in [3.63, 3.8) is 0 Å². The minimum absolute atomic E-state index is 0.145. The first-order valence-electron chi connectivity index (χ1n) is 7.60. The van der Waals surface area contributed by atoms with Gasteiger partial charge >= 0.3 is 0 Å². The van der Waals surface area contributed by atoms with Crippen molar-refractivity contribution < 1.29 is 18.7 Å². The Bertz CT molecular complexity index is 677. The number of carbonyl (C=O) groups is 2. The van der Waals surface area contributed by atoms with Crippen LogP contribution in [0.5, 0.6) is 5.75 Å². The van der Waals surface area contributed by atoms with Crippen molar-refractivity contribution in [3.8, 4) is 5.75 Å². The van der Waals surface area contributed by atoms with Crippen molar-refractivity contribution in [1.29, 1.82) is 0 Å². The molecular formula is C18H19FN2O3. The fourth-order valence-corrected chi connectivity index (χ4v) is 2.00. The number of hydrogen-bond acceptors (Lipinski definition) is 3. The highest BCUT2D eigenvalue weighted by atomic mass is 19.1. The molecule has 0 unspecified atom stereocenters. The molecule has 6 heteroatoms. The van der Waals surface area contributed by atoms with Crippen LogP contribution in [0.1, 0.15) is 5.56 Å². The topological polar surface area (TPSA) is 67.4 Å². The van der Waals surface area contributed by atoms with Crippen LogP contribution in [0.25, 0.3) is 0 Å². The van der Waals surface area contributed by atoms with E-state index in [1.54, 1.807) is 42.5 Å². The molecule has 0 aliphatic carbocycles. The summed E-state index contributed by atoms with van der Waals surface area (Å²) >= 11 is 0. The summed E-state index contributed by atoms with van der Waals surface area (Å²) in [4.78, 5) is 23.2. The molecule has 126 valence electrons. The minimum Gasteiger partial charge on any atom is -0.484 e. The van der Waals surface area contributed by atoms with Crippen LogP contribution in [-0.4, -0.2) is 31.5 Å². The zero-order valence-corrected chi connectivity index (χ0v) is 13.1. The van der Waals surface area contributed by atoms with Gasteiger partial charge in [-0.15, -0.1) is 0 Å². The number of hydrogen-bond donors (Lipinski definition) is 2. The molecule has 0 atom stereocenters. The van der Waals surface area contributed by atoms with Crippen LogP contribution in [0, 0.1) is 5.82 Å². The van der Waals surface area contributed by atoms with Crippen LogP contribution in [-0.2, 0) is 16.0 Å². The molecule has 0 aliphatic heterocycles. The first kappa shape index (κ1) is 17.5. The van der Waals surface area contributed by atoms with Crippen LogP contribution in [0.4, 0.5) is 4.39 Å². The summed E-state index contributed by atoms with van der Waals surface area (Å²) in [5, 5.41) is 5.09. The summed E-state index contributed by atoms with van der Waals surface area (Å²) in [5.41, 5.74) is 0.540. The standard InChI is InChI=1S/C18H19FN2O3/c19-16-9-5-4-6-14(16)10-11-20-17(22)12-21-18(23)13-24-15-7-2-1-3-8-15/h1-9H,10-13H2,(H,20,22)(H,21,23). The Morgan fingerprint density at radius 2 is 1.62 bits per heavy atom. The fraction of sp³-hybridized carbons (Fsp3) is 0.222. The molecule has 0 saturated carbocycles. The third kappa shape index (κ3) is 6.08. The van der Waals surface area contributed by atoms with E-state index < -0.39 is 0 Å². The zero-order chi connectivity index (χ0) is 17.2. The average molecular weight is 330 g/mol. The van der Waals surface area contributed by atoms with E-state index in [-0.39, 0.29) is 30.8 Å². The second kappa shape index (κ2) is 9.29. The lowest BCUT2D eigenvalue weighted by atomic mass is 10.1. The minimum atomic E-state index is -0.386. The Kier molecular flexibility index (Phi) is 6.76. The quantitative estimate of drug-likeness (QED) is 0.774. The van der Waals surface area contributed by atoms with Gasteiger partial charge in [-0.1, -0.05) is 36.4 Å². The molecule has 0 bridgehead atoms. The van der Waals surface area contributed by atoms with Crippen LogP contribution < -0.4 is 15.4 Å². The Morgan fingerprint density at radius 3 is 2.38 bits per heavy atom. The van der Waals surface area contributed by atoms with E-state index in [2.05, 4.69) is 10.6 Å². The highest BCUT2D eigenvalue weighted by molar-refractivity contribution is 5.85. The Labute approximate surface area is 139 Å². The van der Waals surface area contributed by atoms with Gasteiger partial charge < -0.3 is 15.4 Å². The molecule has 0 aromatic heterocycles. The molecule has 2 amide bonds. The van der Waals surface area contributed by atoms with Crippen molar-refractivity contribution in [1.82, 2.24) is 10.6 Å². The summed E-state index contributed by atoms with van der Waals surface area (Å²) < 4.78 is 18.7. The number of halogens is 1. The number of rotatable bonds is 8. The van der Waals surface area contributed by atoms with Gasteiger partial charge in [0.05, 0.1) is 6.54 Å². The summed E-state index contributed by atoms with van der Waals surface area (Å²) in [6.07, 6.45) is 0.392. The maximum absolute atomic E-state index is 13.4. The second-order valence-electron chi connectivity index (χ2n) is 5.07. The monoisotopic (exact) mass is 330 g/mol. The largest absolute Gasteiger partial charge is 0.484 e. The first-order valence-corrected chi connectivity index (χ1v) is 7.60. The molecule has 2 aromatic carbocycles. The van der Waals surface area contributed by atoms with Crippen LogP contribution >= 0.6 is 0 Å². The van der Waals surface area contributed by atoms with Crippen molar-refractivity contribution in [2.24, 2.45) is 0 Å². The number of amides is 2. The van der Waals surface area contributed by atoms with Crippen molar-refractivity contribution in [2.75, 3.05) is 19.7 Å².